The molecule has 1 aromatic rings. The van der Waals surface area contributed by atoms with Crippen molar-refractivity contribution in [3.63, 3.8) is 0 Å². The molecule has 132 valence electrons. The van der Waals surface area contributed by atoms with Crippen molar-refractivity contribution in [3.8, 4) is 11.5 Å². The predicted octanol–water partition coefficient (Wildman–Crippen LogP) is 2.93. The molecule has 0 saturated carbocycles. The summed E-state index contributed by atoms with van der Waals surface area (Å²) in [5, 5.41) is 9.54. The van der Waals surface area contributed by atoms with Gasteiger partial charge < -0.3 is 19.5 Å². The Kier molecular flexibility index (Phi) is 5.94. The minimum absolute atomic E-state index is 0.129. The highest BCUT2D eigenvalue weighted by Crippen LogP contribution is 2.37. The van der Waals surface area contributed by atoms with Crippen LogP contribution in [-0.4, -0.2) is 48.7 Å². The van der Waals surface area contributed by atoms with Gasteiger partial charge in [0.05, 0.1) is 24.7 Å². The Bertz CT molecular complexity index is 634. The van der Waals surface area contributed by atoms with E-state index in [0.29, 0.717) is 41.7 Å². The number of carboxylic acid groups (broad SMARTS) is 1. The number of piperidine rings is 1. The smallest absolute Gasteiger partial charge is 0.308 e. The van der Waals surface area contributed by atoms with Gasteiger partial charge >= 0.3 is 5.97 Å². The lowest BCUT2D eigenvalue weighted by molar-refractivity contribution is -0.143. The highest BCUT2D eigenvalue weighted by Gasteiger charge is 2.32. The van der Waals surface area contributed by atoms with Crippen molar-refractivity contribution in [2.45, 2.75) is 20.3 Å². The van der Waals surface area contributed by atoms with Crippen LogP contribution >= 0.6 is 11.6 Å². The monoisotopic (exact) mass is 355 g/mol. The number of methoxy groups -OCH3 is 1. The maximum Gasteiger partial charge on any atom is 0.308 e. The molecule has 2 atom stereocenters. The summed E-state index contributed by atoms with van der Waals surface area (Å²) in [6.07, 6.45) is 0.576. The first-order chi connectivity index (χ1) is 11.4. The van der Waals surface area contributed by atoms with Gasteiger partial charge in [0.25, 0.3) is 5.91 Å². The topological polar surface area (TPSA) is 76.1 Å². The molecule has 1 saturated heterocycles. The van der Waals surface area contributed by atoms with E-state index in [1.165, 1.54) is 13.2 Å². The molecule has 24 heavy (non-hydrogen) atoms. The van der Waals surface area contributed by atoms with E-state index in [0.717, 1.165) is 0 Å². The maximum atomic E-state index is 12.8. The van der Waals surface area contributed by atoms with Crippen LogP contribution < -0.4 is 9.47 Å². The number of amides is 1. The van der Waals surface area contributed by atoms with E-state index in [2.05, 4.69) is 0 Å². The summed E-state index contributed by atoms with van der Waals surface area (Å²) in [4.78, 5) is 25.6. The molecule has 1 aromatic carbocycles. The summed E-state index contributed by atoms with van der Waals surface area (Å²) in [5.74, 6) is -0.763. The van der Waals surface area contributed by atoms with E-state index >= 15 is 0 Å². The highest BCUT2D eigenvalue weighted by atomic mass is 35.5. The molecule has 1 N–H and O–H groups in total. The number of hydrogen-bond acceptors (Lipinski definition) is 4. The van der Waals surface area contributed by atoms with Crippen LogP contribution in [0.3, 0.4) is 0 Å². The molecule has 7 heteroatoms. The van der Waals surface area contributed by atoms with Gasteiger partial charge in [-0.05, 0) is 31.4 Å². The minimum Gasteiger partial charge on any atom is -0.493 e. The lowest BCUT2D eigenvalue weighted by Crippen LogP contribution is -2.45. The van der Waals surface area contributed by atoms with Crippen molar-refractivity contribution in [1.29, 1.82) is 0 Å². The van der Waals surface area contributed by atoms with E-state index in [9.17, 15) is 14.7 Å². The normalized spacial score (nSPS) is 20.6. The van der Waals surface area contributed by atoms with Crippen LogP contribution in [0.25, 0.3) is 0 Å². The van der Waals surface area contributed by atoms with Crippen LogP contribution in [-0.2, 0) is 4.79 Å². The van der Waals surface area contributed by atoms with Gasteiger partial charge in [0.1, 0.15) is 0 Å². The van der Waals surface area contributed by atoms with E-state index in [1.807, 2.05) is 13.8 Å². The summed E-state index contributed by atoms with van der Waals surface area (Å²) in [5.41, 5.74) is 0.360. The molecule has 0 aromatic heterocycles. The zero-order valence-electron chi connectivity index (χ0n) is 14.0. The van der Waals surface area contributed by atoms with Crippen LogP contribution in [0.1, 0.15) is 30.6 Å². The van der Waals surface area contributed by atoms with Gasteiger partial charge in [-0.15, -0.1) is 0 Å². The second-order valence-corrected chi connectivity index (χ2v) is 6.42. The number of carbonyl (C=O) groups is 2. The van der Waals surface area contributed by atoms with Crippen LogP contribution in [0.5, 0.6) is 11.5 Å². The molecule has 1 fully saturated rings. The zero-order chi connectivity index (χ0) is 17.9. The van der Waals surface area contributed by atoms with Crippen molar-refractivity contribution in [2.24, 2.45) is 11.8 Å². The minimum atomic E-state index is -0.873. The number of hydrogen-bond donors (Lipinski definition) is 1. The average Bonchev–Trinajstić information content (AvgIpc) is 2.55. The Morgan fingerprint density at radius 2 is 2.08 bits per heavy atom. The Morgan fingerprint density at radius 1 is 1.38 bits per heavy atom. The van der Waals surface area contributed by atoms with Crippen molar-refractivity contribution >= 4 is 23.5 Å². The fourth-order valence-electron chi connectivity index (χ4n) is 3.01. The Balaban J connectivity index is 2.28. The number of carbonyl (C=O) groups excluding carboxylic acids is 1. The predicted molar refractivity (Wildman–Crippen MR) is 90.0 cm³/mol. The number of halogens is 1. The quantitative estimate of drug-likeness (QED) is 0.878. The molecule has 0 radical (unpaired) electrons. The average molecular weight is 356 g/mol. The number of aliphatic carboxylic acids is 1. The molecular formula is C17H22ClNO5. The SMILES string of the molecule is CCOc1c(Cl)cc(C(=O)N2CC(C)CC(C(=O)O)C2)cc1OC. The lowest BCUT2D eigenvalue weighted by Gasteiger charge is -2.34. The Labute approximate surface area is 146 Å². The molecule has 2 unspecified atom stereocenters. The van der Waals surface area contributed by atoms with Crippen LogP contribution in [0.4, 0.5) is 0 Å². The molecule has 1 aliphatic heterocycles. The van der Waals surface area contributed by atoms with Crippen molar-refractivity contribution < 1.29 is 24.2 Å². The number of rotatable bonds is 5. The molecule has 1 aliphatic rings. The first-order valence-electron chi connectivity index (χ1n) is 7.89. The van der Waals surface area contributed by atoms with Crippen LogP contribution in [0, 0.1) is 11.8 Å². The van der Waals surface area contributed by atoms with E-state index in [1.54, 1.807) is 11.0 Å². The lowest BCUT2D eigenvalue weighted by atomic mass is 9.90. The molecule has 1 heterocycles. The van der Waals surface area contributed by atoms with Crippen molar-refractivity contribution in [3.05, 3.63) is 22.7 Å². The molecular weight excluding hydrogens is 334 g/mol. The largest absolute Gasteiger partial charge is 0.493 e. The number of ether oxygens (including phenoxy) is 2. The van der Waals surface area contributed by atoms with Gasteiger partial charge in [-0.25, -0.2) is 0 Å². The molecule has 1 amide bonds. The van der Waals surface area contributed by atoms with Gasteiger partial charge in [0.15, 0.2) is 11.5 Å². The third kappa shape index (κ3) is 3.93. The number of benzene rings is 1. The highest BCUT2D eigenvalue weighted by molar-refractivity contribution is 6.32. The summed E-state index contributed by atoms with van der Waals surface area (Å²) in [6.45, 7) is 4.92. The molecule has 0 bridgehead atoms. The second kappa shape index (κ2) is 7.75. The summed E-state index contributed by atoms with van der Waals surface area (Å²) in [7, 11) is 1.48. The molecule has 6 nitrogen and oxygen atoms in total. The molecule has 0 spiro atoms. The van der Waals surface area contributed by atoms with E-state index in [-0.39, 0.29) is 18.4 Å². The van der Waals surface area contributed by atoms with Gasteiger partial charge in [-0.3, -0.25) is 9.59 Å². The van der Waals surface area contributed by atoms with Crippen molar-refractivity contribution in [1.82, 2.24) is 4.90 Å². The Hall–Kier alpha value is -1.95. The number of nitrogens with zero attached hydrogens (tertiary/aromatic N) is 1. The maximum absolute atomic E-state index is 12.8. The van der Waals surface area contributed by atoms with Crippen molar-refractivity contribution in [2.75, 3.05) is 26.8 Å². The first kappa shape index (κ1) is 18.4. The van der Waals surface area contributed by atoms with E-state index < -0.39 is 11.9 Å². The first-order valence-corrected chi connectivity index (χ1v) is 8.27. The van der Waals surface area contributed by atoms with Gasteiger partial charge in [-0.1, -0.05) is 18.5 Å². The van der Waals surface area contributed by atoms with Gasteiger partial charge in [0.2, 0.25) is 0 Å². The third-order valence-electron chi connectivity index (χ3n) is 4.06. The van der Waals surface area contributed by atoms with Crippen LogP contribution in [0.15, 0.2) is 12.1 Å². The fraction of sp³-hybridized carbons (Fsp3) is 0.529. The van der Waals surface area contributed by atoms with Gasteiger partial charge in [-0.2, -0.15) is 0 Å². The number of likely N-dealkylation sites (tertiary alicyclic amines) is 1. The summed E-state index contributed by atoms with van der Waals surface area (Å²) in [6, 6.07) is 3.11. The number of carboxylic acids is 1. The standard InChI is InChI=1S/C17H22ClNO5/c1-4-24-15-13(18)6-11(7-14(15)23-3)16(20)19-8-10(2)5-12(9-19)17(21)22/h6-7,10,12H,4-5,8-9H2,1-3H3,(H,21,22). The Morgan fingerprint density at radius 3 is 2.67 bits per heavy atom. The molecule has 0 aliphatic carbocycles. The third-order valence-corrected chi connectivity index (χ3v) is 4.34. The summed E-state index contributed by atoms with van der Waals surface area (Å²) < 4.78 is 10.7. The fourth-order valence-corrected chi connectivity index (χ4v) is 3.27. The molecule has 2 rings (SSSR count). The zero-order valence-corrected chi connectivity index (χ0v) is 14.8. The second-order valence-electron chi connectivity index (χ2n) is 6.01. The van der Waals surface area contributed by atoms with E-state index in [4.69, 9.17) is 21.1 Å². The van der Waals surface area contributed by atoms with Gasteiger partial charge in [0, 0.05) is 18.7 Å². The summed E-state index contributed by atoms with van der Waals surface area (Å²) >= 11 is 6.21. The van der Waals surface area contributed by atoms with Crippen LogP contribution in [0.2, 0.25) is 5.02 Å².